The lowest BCUT2D eigenvalue weighted by Crippen LogP contribution is -2.10. The van der Waals surface area contributed by atoms with Gasteiger partial charge in [0.1, 0.15) is 5.58 Å². The van der Waals surface area contributed by atoms with Crippen LogP contribution in [0, 0.1) is 0 Å². The van der Waals surface area contributed by atoms with E-state index in [1.54, 1.807) is 0 Å². The highest BCUT2D eigenvalue weighted by atomic mass is 16.3. The Balaban J connectivity index is 1.01. The van der Waals surface area contributed by atoms with E-state index in [0.717, 1.165) is 39.0 Å². The fourth-order valence-electron chi connectivity index (χ4n) is 8.33. The molecule has 0 atom stereocenters. The lowest BCUT2D eigenvalue weighted by molar-refractivity contribution is 0.669. The first kappa shape index (κ1) is 30.5. The maximum atomic E-state index is 6.59. The van der Waals surface area contributed by atoms with Gasteiger partial charge in [-0.15, -0.1) is 0 Å². The fraction of sp³-hybridized carbons (Fsp3) is 0. The van der Waals surface area contributed by atoms with Crippen molar-refractivity contribution < 1.29 is 4.42 Å². The highest BCUT2D eigenvalue weighted by Crippen LogP contribution is 2.43. The molecule has 0 saturated heterocycles. The molecule has 0 fully saturated rings. The molecule has 11 rings (SSSR count). The number of hydrogen-bond acceptors (Lipinski definition) is 2. The summed E-state index contributed by atoms with van der Waals surface area (Å²) in [4.78, 5) is 2.32. The van der Waals surface area contributed by atoms with Crippen molar-refractivity contribution in [3.63, 3.8) is 0 Å². The Morgan fingerprint density at radius 2 is 0.741 bits per heavy atom. The van der Waals surface area contributed by atoms with Crippen molar-refractivity contribution in [1.29, 1.82) is 0 Å². The van der Waals surface area contributed by atoms with E-state index >= 15 is 0 Å². The fourth-order valence-corrected chi connectivity index (χ4v) is 8.33. The van der Waals surface area contributed by atoms with Crippen LogP contribution in [0.3, 0.4) is 0 Å². The minimum Gasteiger partial charge on any atom is -0.454 e. The second-order valence-electron chi connectivity index (χ2n) is 14.1. The van der Waals surface area contributed by atoms with Crippen molar-refractivity contribution in [3.05, 3.63) is 200 Å². The number of anilines is 3. The van der Waals surface area contributed by atoms with Gasteiger partial charge in [-0.25, -0.2) is 0 Å². The molecule has 0 N–H and O–H groups in total. The molecule has 54 heavy (non-hydrogen) atoms. The van der Waals surface area contributed by atoms with E-state index < -0.39 is 0 Å². The SMILES string of the molecule is c1ccc2c(c1)ccc1cc(-c3ccc(N(c4ccc(-c5ccc6c(ccc7ccccc76)c5)cc4)c4cccc5c4oc4ccccc45)cc3)ccc12. The molecule has 0 bridgehead atoms. The topological polar surface area (TPSA) is 16.4 Å². The Hall–Kier alpha value is -7.16. The summed E-state index contributed by atoms with van der Waals surface area (Å²) in [6.07, 6.45) is 0. The number of furan rings is 1. The van der Waals surface area contributed by atoms with Crippen molar-refractivity contribution in [2.45, 2.75) is 0 Å². The predicted molar refractivity (Wildman–Crippen MR) is 229 cm³/mol. The summed E-state index contributed by atoms with van der Waals surface area (Å²) in [5.41, 5.74) is 9.62. The zero-order chi connectivity index (χ0) is 35.6. The largest absolute Gasteiger partial charge is 0.454 e. The molecule has 2 heteroatoms. The van der Waals surface area contributed by atoms with Crippen LogP contribution in [0.4, 0.5) is 17.1 Å². The van der Waals surface area contributed by atoms with Crippen LogP contribution in [0.2, 0.25) is 0 Å². The number of nitrogens with zero attached hydrogens (tertiary/aromatic N) is 1. The van der Waals surface area contributed by atoms with Crippen molar-refractivity contribution in [1.82, 2.24) is 0 Å². The van der Waals surface area contributed by atoms with E-state index in [0.29, 0.717) is 0 Å². The highest BCUT2D eigenvalue weighted by Gasteiger charge is 2.19. The van der Waals surface area contributed by atoms with Gasteiger partial charge in [-0.2, -0.15) is 0 Å². The molecule has 0 aliphatic rings. The molecule has 11 aromatic rings. The Labute approximate surface area is 312 Å². The first-order valence-electron chi connectivity index (χ1n) is 18.5. The van der Waals surface area contributed by atoms with Crippen LogP contribution in [0.25, 0.3) is 87.3 Å². The summed E-state index contributed by atoms with van der Waals surface area (Å²) in [7, 11) is 0. The first-order valence-corrected chi connectivity index (χ1v) is 18.5. The van der Waals surface area contributed by atoms with Crippen molar-refractivity contribution in [2.24, 2.45) is 0 Å². The van der Waals surface area contributed by atoms with Gasteiger partial charge in [0.15, 0.2) is 5.58 Å². The molecule has 0 amide bonds. The van der Waals surface area contributed by atoms with Crippen molar-refractivity contribution >= 4 is 82.1 Å². The number of hydrogen-bond donors (Lipinski definition) is 0. The molecule has 2 nitrogen and oxygen atoms in total. The lowest BCUT2D eigenvalue weighted by atomic mass is 9.97. The van der Waals surface area contributed by atoms with Gasteiger partial charge in [-0.3, -0.25) is 0 Å². The normalized spacial score (nSPS) is 11.7. The Bertz CT molecular complexity index is 3050. The molecule has 0 saturated carbocycles. The predicted octanol–water partition coefficient (Wildman–Crippen LogP) is 15.0. The van der Waals surface area contributed by atoms with Gasteiger partial charge < -0.3 is 9.32 Å². The van der Waals surface area contributed by atoms with Crippen LogP contribution >= 0.6 is 0 Å². The number of benzene rings is 10. The zero-order valence-corrected chi connectivity index (χ0v) is 29.4. The van der Waals surface area contributed by atoms with Gasteiger partial charge in [-0.1, -0.05) is 152 Å². The molecule has 1 heterocycles. The summed E-state index contributed by atoms with van der Waals surface area (Å²) in [6, 6.07) is 72.3. The Morgan fingerprint density at radius 1 is 0.296 bits per heavy atom. The average Bonchev–Trinajstić information content (AvgIpc) is 3.63. The lowest BCUT2D eigenvalue weighted by Gasteiger charge is -2.26. The van der Waals surface area contributed by atoms with E-state index in [1.165, 1.54) is 65.3 Å². The summed E-state index contributed by atoms with van der Waals surface area (Å²) in [6.45, 7) is 0. The summed E-state index contributed by atoms with van der Waals surface area (Å²) in [5, 5.41) is 12.4. The summed E-state index contributed by atoms with van der Waals surface area (Å²) < 4.78 is 6.59. The van der Waals surface area contributed by atoms with E-state index in [4.69, 9.17) is 4.42 Å². The summed E-state index contributed by atoms with van der Waals surface area (Å²) >= 11 is 0. The molecule has 252 valence electrons. The third kappa shape index (κ3) is 4.96. The molecule has 0 unspecified atom stereocenters. The number of para-hydroxylation sites is 2. The second kappa shape index (κ2) is 12.2. The molecule has 0 radical (unpaired) electrons. The van der Waals surface area contributed by atoms with Gasteiger partial charge in [-0.05, 0) is 114 Å². The van der Waals surface area contributed by atoms with Crippen LogP contribution in [-0.4, -0.2) is 0 Å². The average molecular weight is 688 g/mol. The number of rotatable bonds is 5. The third-order valence-electron chi connectivity index (χ3n) is 11.0. The molecule has 0 spiro atoms. The van der Waals surface area contributed by atoms with E-state index in [2.05, 4.69) is 193 Å². The molecule has 1 aromatic heterocycles. The van der Waals surface area contributed by atoms with Crippen LogP contribution in [-0.2, 0) is 0 Å². The van der Waals surface area contributed by atoms with Gasteiger partial charge >= 0.3 is 0 Å². The third-order valence-corrected chi connectivity index (χ3v) is 11.0. The second-order valence-corrected chi connectivity index (χ2v) is 14.1. The van der Waals surface area contributed by atoms with Gasteiger partial charge in [0.2, 0.25) is 0 Å². The Kier molecular flexibility index (Phi) is 6.90. The zero-order valence-electron chi connectivity index (χ0n) is 29.4. The molecule has 0 aliphatic carbocycles. The minimum atomic E-state index is 0.871. The van der Waals surface area contributed by atoms with Gasteiger partial charge in [0, 0.05) is 22.1 Å². The van der Waals surface area contributed by atoms with E-state index in [9.17, 15) is 0 Å². The number of fused-ring (bicyclic) bond motifs is 9. The van der Waals surface area contributed by atoms with Crippen LogP contribution in [0.5, 0.6) is 0 Å². The van der Waals surface area contributed by atoms with E-state index in [1.807, 2.05) is 12.1 Å². The van der Waals surface area contributed by atoms with E-state index in [-0.39, 0.29) is 0 Å². The standard InChI is InChI=1S/C52H33NO/c1-3-10-44-36(8-1)16-18-40-32-38(24-30-46(40)44)34-20-26-42(27-21-34)53(50-14-7-13-49-48-12-5-6-15-51(48)54-52(49)50)43-28-22-35(23-29-43)39-25-31-47-41(33-39)19-17-37-9-2-4-11-45(37)47/h1-33H. The molecular weight excluding hydrogens is 655 g/mol. The highest BCUT2D eigenvalue weighted by molar-refractivity contribution is 6.11. The smallest absolute Gasteiger partial charge is 0.159 e. The minimum absolute atomic E-state index is 0.871. The molecule has 10 aromatic carbocycles. The first-order chi connectivity index (χ1) is 26.7. The Morgan fingerprint density at radius 3 is 1.31 bits per heavy atom. The van der Waals surface area contributed by atoms with Crippen LogP contribution < -0.4 is 4.90 Å². The monoisotopic (exact) mass is 687 g/mol. The van der Waals surface area contributed by atoms with Crippen molar-refractivity contribution in [3.8, 4) is 22.3 Å². The maximum Gasteiger partial charge on any atom is 0.159 e. The summed E-state index contributed by atoms with van der Waals surface area (Å²) in [5.74, 6) is 0. The maximum absolute atomic E-state index is 6.59. The van der Waals surface area contributed by atoms with Crippen LogP contribution in [0.15, 0.2) is 205 Å². The quantitative estimate of drug-likeness (QED) is 0.168. The van der Waals surface area contributed by atoms with Crippen LogP contribution in [0.1, 0.15) is 0 Å². The van der Waals surface area contributed by atoms with Gasteiger partial charge in [0.25, 0.3) is 0 Å². The molecular formula is C52H33NO. The molecule has 0 aliphatic heterocycles. The van der Waals surface area contributed by atoms with Crippen molar-refractivity contribution in [2.75, 3.05) is 4.90 Å². The van der Waals surface area contributed by atoms with Gasteiger partial charge in [0.05, 0.1) is 5.69 Å².